The van der Waals surface area contributed by atoms with Gasteiger partial charge in [-0.3, -0.25) is 9.69 Å². The SMILES string of the molecule is CC(C)C1=NC(N2CCC3(CC2)Oc2ccc(-c4ccc(C(=O)N5CCC[C@@H](CO)C5)cc4)cc2CC3(F)F)ON1. The summed E-state index contributed by atoms with van der Waals surface area (Å²) >= 11 is 0. The molecular formula is C31H38F2N4O4. The average Bonchev–Trinajstić information content (AvgIpc) is 3.48. The van der Waals surface area contributed by atoms with Crippen molar-refractivity contribution in [2.45, 2.75) is 63.8 Å². The average molecular weight is 569 g/mol. The first kappa shape index (κ1) is 28.1. The van der Waals surface area contributed by atoms with Crippen molar-refractivity contribution < 1.29 is 28.3 Å². The number of amides is 1. The van der Waals surface area contributed by atoms with E-state index < -0.39 is 17.9 Å². The Morgan fingerprint density at radius 3 is 2.54 bits per heavy atom. The van der Waals surface area contributed by atoms with Gasteiger partial charge < -0.3 is 14.7 Å². The number of aliphatic imine (C=N–C) groups is 1. The van der Waals surface area contributed by atoms with Gasteiger partial charge >= 0.3 is 0 Å². The number of aliphatic hydroxyl groups excluding tert-OH is 1. The number of nitrogens with one attached hydrogen (secondary N) is 1. The van der Waals surface area contributed by atoms with Crippen LogP contribution in [0.1, 0.15) is 55.5 Å². The maximum absolute atomic E-state index is 15.7. The zero-order valence-corrected chi connectivity index (χ0v) is 23.6. The second-order valence-corrected chi connectivity index (χ2v) is 12.1. The van der Waals surface area contributed by atoms with Gasteiger partial charge in [-0.2, -0.15) is 0 Å². The normalized spacial score (nSPS) is 25.4. The van der Waals surface area contributed by atoms with Gasteiger partial charge in [0.2, 0.25) is 6.35 Å². The predicted octanol–water partition coefficient (Wildman–Crippen LogP) is 4.48. The zero-order chi connectivity index (χ0) is 28.8. The number of aliphatic hydroxyl groups is 1. The van der Waals surface area contributed by atoms with Crippen LogP contribution in [-0.2, 0) is 11.3 Å². The van der Waals surface area contributed by atoms with Crippen molar-refractivity contribution >= 4 is 11.7 Å². The summed E-state index contributed by atoms with van der Waals surface area (Å²) in [7, 11) is 0. The Balaban J connectivity index is 1.14. The smallest absolute Gasteiger partial charge is 0.291 e. The third-order valence-electron chi connectivity index (χ3n) is 8.96. The van der Waals surface area contributed by atoms with Crippen LogP contribution in [0.25, 0.3) is 11.1 Å². The van der Waals surface area contributed by atoms with Crippen molar-refractivity contribution in [2.75, 3.05) is 32.8 Å². The van der Waals surface area contributed by atoms with Gasteiger partial charge in [0, 0.05) is 69.1 Å². The number of ether oxygens (including phenoxy) is 1. The highest BCUT2D eigenvalue weighted by Gasteiger charge is 2.60. The summed E-state index contributed by atoms with van der Waals surface area (Å²) in [6.07, 6.45) is 1.29. The minimum absolute atomic E-state index is 0.0487. The molecule has 2 aromatic carbocycles. The molecule has 4 aliphatic heterocycles. The van der Waals surface area contributed by atoms with E-state index in [9.17, 15) is 9.90 Å². The Morgan fingerprint density at radius 1 is 1.12 bits per heavy atom. The Labute approximate surface area is 239 Å². The van der Waals surface area contributed by atoms with Gasteiger partial charge in [-0.25, -0.2) is 24.1 Å². The van der Waals surface area contributed by atoms with E-state index in [-0.39, 0.29) is 43.6 Å². The number of amidine groups is 1. The van der Waals surface area contributed by atoms with Gasteiger partial charge in [0.05, 0.1) is 0 Å². The minimum Gasteiger partial charge on any atom is -0.481 e. The van der Waals surface area contributed by atoms with Crippen LogP contribution in [0, 0.1) is 11.8 Å². The molecule has 0 bridgehead atoms. The molecule has 1 spiro atoms. The van der Waals surface area contributed by atoms with Crippen molar-refractivity contribution in [3.63, 3.8) is 0 Å². The number of carbonyl (C=O) groups is 1. The van der Waals surface area contributed by atoms with Gasteiger partial charge in [0.25, 0.3) is 11.8 Å². The number of rotatable bonds is 5. The van der Waals surface area contributed by atoms with Crippen LogP contribution in [0.5, 0.6) is 5.75 Å². The van der Waals surface area contributed by atoms with Crippen molar-refractivity contribution in [1.82, 2.24) is 15.3 Å². The molecule has 2 fully saturated rings. The fourth-order valence-corrected chi connectivity index (χ4v) is 6.35. The standard InChI is InChI=1S/C31H38F2N4O4/c1-20(2)27-34-29(41-35-27)36-14-11-30(12-15-36)31(32,33)17-25-16-24(9-10-26(25)40-30)22-5-7-23(8-6-22)28(39)37-13-3-4-21(18-37)19-38/h5-10,16,20-21,29,38H,3-4,11-15,17-19H2,1-2H3,(H,34,35)/t21-,29?/m1/s1. The summed E-state index contributed by atoms with van der Waals surface area (Å²) in [4.78, 5) is 26.9. The Hall–Kier alpha value is -3.08. The summed E-state index contributed by atoms with van der Waals surface area (Å²) in [5.74, 6) is -1.49. The van der Waals surface area contributed by atoms with Crippen molar-refractivity contribution in [3.05, 3.63) is 53.6 Å². The summed E-state index contributed by atoms with van der Waals surface area (Å²) in [6.45, 7) is 6.17. The Kier molecular flexibility index (Phi) is 7.50. The lowest BCUT2D eigenvalue weighted by molar-refractivity contribution is -0.205. The predicted molar refractivity (Wildman–Crippen MR) is 151 cm³/mol. The molecule has 2 atom stereocenters. The lowest BCUT2D eigenvalue weighted by Gasteiger charge is -2.49. The van der Waals surface area contributed by atoms with Crippen LogP contribution in [0.3, 0.4) is 0 Å². The van der Waals surface area contributed by atoms with E-state index in [1.165, 1.54) is 0 Å². The first-order valence-corrected chi connectivity index (χ1v) is 14.6. The summed E-state index contributed by atoms with van der Waals surface area (Å²) in [6, 6.07) is 12.7. The third-order valence-corrected chi connectivity index (χ3v) is 8.96. The highest BCUT2D eigenvalue weighted by molar-refractivity contribution is 5.94. The second-order valence-electron chi connectivity index (χ2n) is 12.1. The van der Waals surface area contributed by atoms with Crippen LogP contribution in [0.15, 0.2) is 47.5 Å². The number of nitrogens with zero attached hydrogens (tertiary/aromatic N) is 3. The zero-order valence-electron chi connectivity index (χ0n) is 23.6. The molecule has 1 unspecified atom stereocenters. The van der Waals surface area contributed by atoms with E-state index in [2.05, 4.69) is 10.5 Å². The molecule has 2 aromatic rings. The second kappa shape index (κ2) is 11.0. The van der Waals surface area contributed by atoms with Crippen LogP contribution in [0.4, 0.5) is 8.78 Å². The van der Waals surface area contributed by atoms with Crippen LogP contribution in [0.2, 0.25) is 0 Å². The van der Waals surface area contributed by atoms with Gasteiger partial charge in [0.1, 0.15) is 11.6 Å². The fourth-order valence-electron chi connectivity index (χ4n) is 6.35. The maximum atomic E-state index is 15.7. The van der Waals surface area contributed by atoms with Crippen LogP contribution >= 0.6 is 0 Å². The molecule has 6 rings (SSSR count). The minimum atomic E-state index is -3.02. The molecule has 8 nitrogen and oxygen atoms in total. The lowest BCUT2D eigenvalue weighted by atomic mass is 9.79. The molecule has 4 heterocycles. The number of hydrogen-bond donors (Lipinski definition) is 2. The summed E-state index contributed by atoms with van der Waals surface area (Å²) in [5, 5.41) is 9.48. The first-order valence-electron chi connectivity index (χ1n) is 14.6. The van der Waals surface area contributed by atoms with E-state index in [0.717, 1.165) is 29.8 Å². The number of carbonyl (C=O) groups excluding carboxylic acids is 1. The highest BCUT2D eigenvalue weighted by Crippen LogP contribution is 2.49. The molecule has 2 saturated heterocycles. The molecule has 10 heteroatoms. The molecule has 4 aliphatic rings. The van der Waals surface area contributed by atoms with E-state index >= 15 is 8.78 Å². The summed E-state index contributed by atoms with van der Waals surface area (Å²) in [5.41, 5.74) is 4.01. The largest absolute Gasteiger partial charge is 0.481 e. The van der Waals surface area contributed by atoms with Gasteiger partial charge in [0.15, 0.2) is 5.60 Å². The number of benzene rings is 2. The maximum Gasteiger partial charge on any atom is 0.291 e. The molecule has 0 radical (unpaired) electrons. The van der Waals surface area contributed by atoms with E-state index in [0.29, 0.717) is 43.1 Å². The van der Waals surface area contributed by atoms with Crippen LogP contribution in [-0.4, -0.2) is 77.3 Å². The topological polar surface area (TPSA) is 86.6 Å². The number of alkyl halides is 2. The van der Waals surface area contributed by atoms with Gasteiger partial charge in [-0.15, -0.1) is 0 Å². The third kappa shape index (κ3) is 5.33. The molecule has 0 aromatic heterocycles. The number of fused-ring (bicyclic) bond motifs is 1. The van der Waals surface area contributed by atoms with Crippen LogP contribution < -0.4 is 10.2 Å². The highest BCUT2D eigenvalue weighted by atomic mass is 19.3. The van der Waals surface area contributed by atoms with E-state index in [1.54, 1.807) is 29.2 Å². The number of piperidine rings is 2. The monoisotopic (exact) mass is 568 g/mol. The molecule has 0 saturated carbocycles. The van der Waals surface area contributed by atoms with Gasteiger partial charge in [-0.05, 0) is 54.2 Å². The lowest BCUT2D eigenvalue weighted by Crippen LogP contribution is -2.62. The van der Waals surface area contributed by atoms with E-state index in [1.807, 2.05) is 36.9 Å². The number of hydroxylamine groups is 1. The quantitative estimate of drug-likeness (QED) is 0.554. The van der Waals surface area contributed by atoms with Crippen molar-refractivity contribution in [1.29, 1.82) is 0 Å². The first-order chi connectivity index (χ1) is 19.7. The Morgan fingerprint density at radius 2 is 1.85 bits per heavy atom. The van der Waals surface area contributed by atoms with Crippen molar-refractivity contribution in [2.24, 2.45) is 16.8 Å². The molecule has 2 N–H and O–H groups in total. The fraction of sp³-hybridized carbons (Fsp3) is 0.548. The number of hydrogen-bond acceptors (Lipinski definition) is 7. The molecular weight excluding hydrogens is 530 g/mol. The summed E-state index contributed by atoms with van der Waals surface area (Å²) < 4.78 is 37.6. The molecule has 0 aliphatic carbocycles. The molecule has 1 amide bonds. The molecule has 41 heavy (non-hydrogen) atoms. The van der Waals surface area contributed by atoms with E-state index in [4.69, 9.17) is 9.57 Å². The van der Waals surface area contributed by atoms with Gasteiger partial charge in [-0.1, -0.05) is 32.0 Å². The molecule has 220 valence electrons. The number of likely N-dealkylation sites (tertiary alicyclic amines) is 2. The van der Waals surface area contributed by atoms with Crippen molar-refractivity contribution in [3.8, 4) is 16.9 Å². The number of halogens is 2. The Bertz CT molecular complexity index is 1310.